The van der Waals surface area contributed by atoms with Gasteiger partial charge in [0.05, 0.1) is 17.9 Å². The highest BCUT2D eigenvalue weighted by Crippen LogP contribution is 2.14. The van der Waals surface area contributed by atoms with Crippen molar-refractivity contribution >= 4 is 5.69 Å². The number of hydrogen-bond acceptors (Lipinski definition) is 3. The minimum atomic E-state index is 0.742. The Morgan fingerprint density at radius 1 is 1.33 bits per heavy atom. The predicted octanol–water partition coefficient (Wildman–Crippen LogP) is 2.20. The first-order valence-electron chi connectivity index (χ1n) is 6.51. The number of aromatic nitrogens is 4. The van der Waals surface area contributed by atoms with Gasteiger partial charge >= 0.3 is 0 Å². The molecule has 0 unspecified atom stereocenters. The monoisotopic (exact) mass is 247 g/mol. The van der Waals surface area contributed by atoms with Crippen LogP contribution in [0.2, 0.25) is 0 Å². The molecule has 2 heterocycles. The first-order valence-corrected chi connectivity index (χ1v) is 6.51. The van der Waals surface area contributed by atoms with Crippen molar-refractivity contribution in [1.29, 1.82) is 0 Å². The van der Waals surface area contributed by atoms with E-state index < -0.39 is 0 Å². The third kappa shape index (κ3) is 2.72. The topological polar surface area (TPSA) is 47.7 Å². The van der Waals surface area contributed by atoms with E-state index in [9.17, 15) is 0 Å². The number of aryl methyl sites for hydroxylation is 3. The number of nitrogens with zero attached hydrogens (tertiary/aromatic N) is 4. The molecule has 0 spiro atoms. The molecule has 0 bridgehead atoms. The summed E-state index contributed by atoms with van der Waals surface area (Å²) in [5.41, 5.74) is 2.21. The van der Waals surface area contributed by atoms with Crippen LogP contribution in [-0.4, -0.2) is 19.3 Å². The van der Waals surface area contributed by atoms with Crippen molar-refractivity contribution in [3.05, 3.63) is 30.1 Å². The molecule has 0 amide bonds. The number of anilines is 1. The molecule has 5 nitrogen and oxygen atoms in total. The summed E-state index contributed by atoms with van der Waals surface area (Å²) < 4.78 is 4.04. The van der Waals surface area contributed by atoms with Crippen LogP contribution in [0.25, 0.3) is 0 Å². The molecule has 0 aliphatic carbocycles. The Labute approximate surface area is 108 Å². The molecule has 1 N–H and O–H groups in total. The Hall–Kier alpha value is -1.78. The van der Waals surface area contributed by atoms with E-state index in [1.807, 2.05) is 30.3 Å². The van der Waals surface area contributed by atoms with Crippen molar-refractivity contribution in [2.75, 3.05) is 5.32 Å². The quantitative estimate of drug-likeness (QED) is 0.851. The van der Waals surface area contributed by atoms with Crippen LogP contribution in [-0.2, 0) is 26.6 Å². The summed E-state index contributed by atoms with van der Waals surface area (Å²) >= 11 is 0. The lowest BCUT2D eigenvalue weighted by molar-refractivity contribution is 0.644. The van der Waals surface area contributed by atoms with Gasteiger partial charge in [-0.05, 0) is 12.8 Å². The Morgan fingerprint density at radius 3 is 2.89 bits per heavy atom. The molecule has 0 radical (unpaired) electrons. The van der Waals surface area contributed by atoms with Crippen LogP contribution in [0.15, 0.2) is 18.6 Å². The number of hydrogen-bond donors (Lipinski definition) is 1. The van der Waals surface area contributed by atoms with Gasteiger partial charge in [0.15, 0.2) is 0 Å². The van der Waals surface area contributed by atoms with Crippen molar-refractivity contribution in [2.24, 2.45) is 7.05 Å². The lowest BCUT2D eigenvalue weighted by Crippen LogP contribution is -2.08. The van der Waals surface area contributed by atoms with Gasteiger partial charge in [0.1, 0.15) is 5.82 Å². The fourth-order valence-electron chi connectivity index (χ4n) is 2.07. The zero-order valence-corrected chi connectivity index (χ0v) is 11.3. The van der Waals surface area contributed by atoms with Crippen LogP contribution in [0.3, 0.4) is 0 Å². The van der Waals surface area contributed by atoms with Gasteiger partial charge in [0.2, 0.25) is 0 Å². The average molecular weight is 247 g/mol. The second-order valence-electron chi connectivity index (χ2n) is 4.41. The summed E-state index contributed by atoms with van der Waals surface area (Å²) in [4.78, 5) is 4.39. The minimum Gasteiger partial charge on any atom is -0.375 e. The average Bonchev–Trinajstić information content (AvgIpc) is 2.93. The molecule has 0 fully saturated rings. The molecule has 0 saturated carbocycles. The van der Waals surface area contributed by atoms with Gasteiger partial charge in [-0.3, -0.25) is 4.68 Å². The highest BCUT2D eigenvalue weighted by Gasteiger charge is 2.07. The normalized spacial score (nSPS) is 10.8. The maximum atomic E-state index is 4.41. The lowest BCUT2D eigenvalue weighted by atomic mass is 10.3. The first-order chi connectivity index (χ1) is 8.74. The molecule has 18 heavy (non-hydrogen) atoms. The zero-order chi connectivity index (χ0) is 13.0. The Balaban J connectivity index is 2.04. The highest BCUT2D eigenvalue weighted by atomic mass is 15.3. The third-order valence-electron chi connectivity index (χ3n) is 2.94. The van der Waals surface area contributed by atoms with E-state index >= 15 is 0 Å². The molecule has 5 heteroatoms. The Bertz CT molecular complexity index is 497. The van der Waals surface area contributed by atoms with Crippen molar-refractivity contribution in [3.8, 4) is 0 Å². The molecule has 2 aromatic rings. The second kappa shape index (κ2) is 5.71. The number of rotatable bonds is 6. The fourth-order valence-corrected chi connectivity index (χ4v) is 2.07. The zero-order valence-electron chi connectivity index (χ0n) is 11.3. The fraction of sp³-hybridized carbons (Fsp3) is 0.538. The van der Waals surface area contributed by atoms with Crippen LogP contribution >= 0.6 is 0 Å². The molecule has 0 aliphatic heterocycles. The molecule has 0 atom stereocenters. The molecule has 0 aliphatic rings. The minimum absolute atomic E-state index is 0.742. The summed E-state index contributed by atoms with van der Waals surface area (Å²) in [6, 6.07) is 0. The van der Waals surface area contributed by atoms with Crippen LogP contribution in [0.5, 0.6) is 0 Å². The predicted molar refractivity (Wildman–Crippen MR) is 72.4 cm³/mol. The Kier molecular flexibility index (Phi) is 4.02. The first kappa shape index (κ1) is 12.7. The van der Waals surface area contributed by atoms with Gasteiger partial charge in [-0.2, -0.15) is 5.10 Å². The van der Waals surface area contributed by atoms with E-state index in [-0.39, 0.29) is 0 Å². The molecule has 0 aromatic carbocycles. The summed E-state index contributed by atoms with van der Waals surface area (Å²) in [5.74, 6) is 1.07. The lowest BCUT2D eigenvalue weighted by Gasteiger charge is -2.08. The summed E-state index contributed by atoms with van der Waals surface area (Å²) in [6.45, 7) is 6.05. The van der Waals surface area contributed by atoms with E-state index in [1.54, 1.807) is 0 Å². The standard InChI is InChI=1S/C13H21N5/c1-4-7-18-8-6-14-13(18)9-15-12-10-17(3)16-11(12)5-2/h6,8,10,15H,4-5,7,9H2,1-3H3. The maximum absolute atomic E-state index is 4.41. The van der Waals surface area contributed by atoms with Crippen LogP contribution in [0.4, 0.5) is 5.69 Å². The number of nitrogens with one attached hydrogen (secondary N) is 1. The number of imidazole rings is 1. The van der Waals surface area contributed by atoms with Gasteiger partial charge in [0.25, 0.3) is 0 Å². The van der Waals surface area contributed by atoms with E-state index in [1.165, 1.54) is 0 Å². The molecule has 2 rings (SSSR count). The SMILES string of the molecule is CCCn1ccnc1CNc1cn(C)nc1CC. The van der Waals surface area contributed by atoms with E-state index in [2.05, 4.69) is 33.8 Å². The molecular formula is C13H21N5. The van der Waals surface area contributed by atoms with Gasteiger partial charge in [-0.1, -0.05) is 13.8 Å². The maximum Gasteiger partial charge on any atom is 0.128 e. The van der Waals surface area contributed by atoms with Crippen molar-refractivity contribution in [2.45, 2.75) is 39.8 Å². The highest BCUT2D eigenvalue weighted by molar-refractivity contribution is 5.46. The van der Waals surface area contributed by atoms with E-state index in [0.29, 0.717) is 0 Å². The van der Waals surface area contributed by atoms with Crippen molar-refractivity contribution < 1.29 is 0 Å². The largest absolute Gasteiger partial charge is 0.375 e. The van der Waals surface area contributed by atoms with Crippen LogP contribution in [0, 0.1) is 0 Å². The van der Waals surface area contributed by atoms with Gasteiger partial charge in [0, 0.05) is 32.2 Å². The summed E-state index contributed by atoms with van der Waals surface area (Å²) in [5, 5.41) is 7.83. The smallest absolute Gasteiger partial charge is 0.128 e. The molecule has 98 valence electrons. The van der Waals surface area contributed by atoms with E-state index in [4.69, 9.17) is 0 Å². The van der Waals surface area contributed by atoms with Gasteiger partial charge < -0.3 is 9.88 Å². The van der Waals surface area contributed by atoms with Crippen molar-refractivity contribution in [3.63, 3.8) is 0 Å². The van der Waals surface area contributed by atoms with Gasteiger partial charge in [-0.15, -0.1) is 0 Å². The molecule has 0 saturated heterocycles. The van der Waals surface area contributed by atoms with E-state index in [0.717, 1.165) is 43.1 Å². The summed E-state index contributed by atoms with van der Waals surface area (Å²) in [6.07, 6.45) is 7.97. The second-order valence-corrected chi connectivity index (χ2v) is 4.41. The Morgan fingerprint density at radius 2 is 2.17 bits per heavy atom. The van der Waals surface area contributed by atoms with Crippen LogP contribution in [0.1, 0.15) is 31.8 Å². The van der Waals surface area contributed by atoms with Gasteiger partial charge in [-0.25, -0.2) is 4.98 Å². The van der Waals surface area contributed by atoms with Crippen molar-refractivity contribution in [1.82, 2.24) is 19.3 Å². The molecule has 2 aromatic heterocycles. The molecular weight excluding hydrogens is 226 g/mol. The summed E-state index contributed by atoms with van der Waals surface area (Å²) in [7, 11) is 1.95. The van der Waals surface area contributed by atoms with Crippen LogP contribution < -0.4 is 5.32 Å². The third-order valence-corrected chi connectivity index (χ3v) is 2.94.